The number of hydrogen-bond acceptors (Lipinski definition) is 4. The van der Waals surface area contributed by atoms with Gasteiger partial charge in [0.1, 0.15) is 5.15 Å². The van der Waals surface area contributed by atoms with Gasteiger partial charge < -0.3 is 5.32 Å². The summed E-state index contributed by atoms with van der Waals surface area (Å²) in [4.78, 5) is 25.4. The molecule has 0 unspecified atom stereocenters. The molecule has 1 aromatic heterocycles. The number of nitrogens with zero attached hydrogens (tertiary/aromatic N) is 2. The minimum absolute atomic E-state index is 0.0435. The van der Waals surface area contributed by atoms with Gasteiger partial charge in [0.15, 0.2) is 5.69 Å². The maximum absolute atomic E-state index is 13.0. The Balaban J connectivity index is 2.38. The quantitative estimate of drug-likeness (QED) is 0.440. The van der Waals surface area contributed by atoms with Crippen molar-refractivity contribution in [3.8, 4) is 0 Å². The predicted octanol–water partition coefficient (Wildman–Crippen LogP) is 4.68. The van der Waals surface area contributed by atoms with E-state index < -0.39 is 33.4 Å². The van der Waals surface area contributed by atoms with Gasteiger partial charge in [0, 0.05) is 11.8 Å². The lowest BCUT2D eigenvalue weighted by Crippen LogP contribution is -2.20. The molecule has 1 amide bonds. The zero-order valence-electron chi connectivity index (χ0n) is 11.4. The lowest BCUT2D eigenvalue weighted by atomic mass is 10.1. The van der Waals surface area contributed by atoms with Crippen molar-refractivity contribution in [1.29, 1.82) is 0 Å². The third-order valence-corrected chi connectivity index (χ3v) is 3.66. The number of carbonyl (C=O) groups is 1. The van der Waals surface area contributed by atoms with Gasteiger partial charge in [0.25, 0.3) is 11.6 Å². The van der Waals surface area contributed by atoms with Gasteiger partial charge in [0.2, 0.25) is 0 Å². The van der Waals surface area contributed by atoms with Gasteiger partial charge >= 0.3 is 6.18 Å². The Morgan fingerprint density at radius 1 is 1.29 bits per heavy atom. The number of alkyl halides is 3. The Morgan fingerprint density at radius 3 is 2.54 bits per heavy atom. The van der Waals surface area contributed by atoms with Crippen molar-refractivity contribution in [1.82, 2.24) is 4.98 Å². The molecule has 0 spiro atoms. The molecule has 126 valence electrons. The van der Waals surface area contributed by atoms with E-state index in [0.717, 1.165) is 18.2 Å². The van der Waals surface area contributed by atoms with Crippen LogP contribution in [0.1, 0.15) is 16.1 Å². The molecule has 0 radical (unpaired) electrons. The first-order valence-electron chi connectivity index (χ1n) is 6.08. The summed E-state index contributed by atoms with van der Waals surface area (Å²) in [5, 5.41) is 12.6. The van der Waals surface area contributed by atoms with E-state index in [-0.39, 0.29) is 15.8 Å². The van der Waals surface area contributed by atoms with Gasteiger partial charge in [-0.2, -0.15) is 13.2 Å². The predicted molar refractivity (Wildman–Crippen MR) is 83.0 cm³/mol. The number of nitro groups is 1. The van der Waals surface area contributed by atoms with Crippen LogP contribution in [0.15, 0.2) is 34.8 Å². The van der Waals surface area contributed by atoms with Gasteiger partial charge in [-0.3, -0.25) is 14.9 Å². The Bertz CT molecular complexity index is 830. The first kappa shape index (κ1) is 18.1. The molecule has 1 heterocycles. The highest BCUT2D eigenvalue weighted by Crippen LogP contribution is 2.32. The molecule has 0 aliphatic carbocycles. The number of anilines is 1. The molecule has 0 saturated heterocycles. The van der Waals surface area contributed by atoms with E-state index in [4.69, 9.17) is 11.6 Å². The molecule has 0 saturated carbocycles. The lowest BCUT2D eigenvalue weighted by Gasteiger charge is -2.12. The first-order valence-corrected chi connectivity index (χ1v) is 7.25. The highest BCUT2D eigenvalue weighted by molar-refractivity contribution is 9.10. The SMILES string of the molecule is O=C(Nc1ccc(Br)c([N+](=O)[O-])c1)c1ccc(Cl)nc1C(F)(F)F. The van der Waals surface area contributed by atoms with Crippen LogP contribution in [-0.4, -0.2) is 15.8 Å². The average molecular weight is 425 g/mol. The van der Waals surface area contributed by atoms with Crippen LogP contribution in [0.4, 0.5) is 24.5 Å². The summed E-state index contributed by atoms with van der Waals surface area (Å²) in [6.45, 7) is 0. The summed E-state index contributed by atoms with van der Waals surface area (Å²) < 4.78 is 39.0. The van der Waals surface area contributed by atoms with Crippen molar-refractivity contribution in [3.63, 3.8) is 0 Å². The summed E-state index contributed by atoms with van der Waals surface area (Å²) in [5.41, 5.74) is -2.59. The number of hydrogen-bond donors (Lipinski definition) is 1. The monoisotopic (exact) mass is 423 g/mol. The van der Waals surface area contributed by atoms with E-state index in [1.165, 1.54) is 12.1 Å². The van der Waals surface area contributed by atoms with Gasteiger partial charge in [-0.15, -0.1) is 0 Å². The minimum Gasteiger partial charge on any atom is -0.322 e. The molecule has 1 aromatic carbocycles. The van der Waals surface area contributed by atoms with Crippen LogP contribution in [0.5, 0.6) is 0 Å². The van der Waals surface area contributed by atoms with E-state index in [1.54, 1.807) is 0 Å². The van der Waals surface area contributed by atoms with Crippen molar-refractivity contribution in [2.45, 2.75) is 6.18 Å². The van der Waals surface area contributed by atoms with Gasteiger partial charge in [0.05, 0.1) is 15.0 Å². The van der Waals surface area contributed by atoms with E-state index >= 15 is 0 Å². The van der Waals surface area contributed by atoms with Crippen molar-refractivity contribution < 1.29 is 22.9 Å². The molecule has 11 heteroatoms. The molecule has 0 aliphatic rings. The van der Waals surface area contributed by atoms with Crippen LogP contribution >= 0.6 is 27.5 Å². The third-order valence-electron chi connectivity index (χ3n) is 2.78. The topological polar surface area (TPSA) is 85.1 Å². The van der Waals surface area contributed by atoms with Crippen molar-refractivity contribution >= 4 is 44.8 Å². The zero-order chi connectivity index (χ0) is 18.1. The first-order chi connectivity index (χ1) is 11.1. The second-order valence-corrected chi connectivity index (χ2v) is 5.65. The number of nitrogens with one attached hydrogen (secondary N) is 1. The lowest BCUT2D eigenvalue weighted by molar-refractivity contribution is -0.385. The molecular weight excluding hydrogens is 419 g/mol. The molecule has 24 heavy (non-hydrogen) atoms. The molecule has 2 rings (SSSR count). The van der Waals surface area contributed by atoms with Crippen molar-refractivity contribution in [2.24, 2.45) is 0 Å². The fourth-order valence-electron chi connectivity index (χ4n) is 1.76. The molecule has 0 bridgehead atoms. The fraction of sp³-hybridized carbons (Fsp3) is 0.0769. The molecular formula is C13H6BrClF3N3O3. The van der Waals surface area contributed by atoms with Gasteiger partial charge in [-0.05, 0) is 40.2 Å². The largest absolute Gasteiger partial charge is 0.434 e. The van der Waals surface area contributed by atoms with Crippen LogP contribution in [0.2, 0.25) is 5.15 Å². The number of carbonyl (C=O) groups excluding carboxylic acids is 1. The number of aromatic nitrogens is 1. The third kappa shape index (κ3) is 4.01. The van der Waals surface area contributed by atoms with Gasteiger partial charge in [-0.25, -0.2) is 4.98 Å². The van der Waals surface area contributed by atoms with Crippen LogP contribution in [0.3, 0.4) is 0 Å². The second kappa shape index (κ2) is 6.73. The summed E-state index contributed by atoms with van der Waals surface area (Å²) in [5.74, 6) is -1.12. The Morgan fingerprint density at radius 2 is 1.96 bits per heavy atom. The fourth-order valence-corrected chi connectivity index (χ4v) is 2.30. The smallest absolute Gasteiger partial charge is 0.322 e. The van der Waals surface area contributed by atoms with E-state index in [9.17, 15) is 28.1 Å². The highest BCUT2D eigenvalue weighted by Gasteiger charge is 2.37. The molecule has 0 atom stereocenters. The molecule has 2 aromatic rings. The van der Waals surface area contributed by atoms with E-state index in [1.807, 2.05) is 0 Å². The second-order valence-electron chi connectivity index (χ2n) is 4.41. The van der Waals surface area contributed by atoms with Crippen LogP contribution in [0, 0.1) is 10.1 Å². The average Bonchev–Trinajstić information content (AvgIpc) is 2.47. The minimum atomic E-state index is -4.89. The summed E-state index contributed by atoms with van der Waals surface area (Å²) >= 11 is 8.40. The number of amides is 1. The summed E-state index contributed by atoms with van der Waals surface area (Å²) in [6, 6.07) is 5.51. The number of rotatable bonds is 3. The Hall–Kier alpha value is -2.20. The maximum Gasteiger partial charge on any atom is 0.434 e. The summed E-state index contributed by atoms with van der Waals surface area (Å²) in [6.07, 6.45) is -4.89. The van der Waals surface area contributed by atoms with Gasteiger partial charge in [-0.1, -0.05) is 11.6 Å². The highest BCUT2D eigenvalue weighted by atomic mass is 79.9. The normalized spacial score (nSPS) is 11.2. The number of halogens is 5. The summed E-state index contributed by atoms with van der Waals surface area (Å²) in [7, 11) is 0. The maximum atomic E-state index is 13.0. The zero-order valence-corrected chi connectivity index (χ0v) is 13.7. The van der Waals surface area contributed by atoms with E-state index in [0.29, 0.717) is 0 Å². The number of benzene rings is 1. The van der Waals surface area contributed by atoms with Crippen molar-refractivity contribution in [2.75, 3.05) is 5.32 Å². The van der Waals surface area contributed by atoms with Crippen LogP contribution in [-0.2, 0) is 6.18 Å². The van der Waals surface area contributed by atoms with E-state index in [2.05, 4.69) is 26.2 Å². The van der Waals surface area contributed by atoms with Crippen LogP contribution < -0.4 is 5.32 Å². The number of nitro benzene ring substituents is 1. The molecule has 0 fully saturated rings. The molecule has 0 aliphatic heterocycles. The number of pyridine rings is 1. The Labute approximate surface area is 145 Å². The Kier molecular flexibility index (Phi) is 5.09. The van der Waals surface area contributed by atoms with Crippen LogP contribution in [0.25, 0.3) is 0 Å². The molecule has 1 N–H and O–H groups in total. The van der Waals surface area contributed by atoms with Crippen molar-refractivity contribution in [3.05, 3.63) is 61.3 Å². The molecule has 6 nitrogen and oxygen atoms in total. The standard InChI is InChI=1S/C13H6BrClF3N3O3/c14-8-3-1-6(5-9(8)21(23)24)19-12(22)7-2-4-10(15)20-11(7)13(16,17)18/h1-5H,(H,19,22).